The van der Waals surface area contributed by atoms with Crippen molar-refractivity contribution < 1.29 is 9.18 Å². The molecule has 8 heteroatoms. The lowest BCUT2D eigenvalue weighted by Crippen LogP contribution is -2.34. The largest absolute Gasteiger partial charge is 0.351 e. The summed E-state index contributed by atoms with van der Waals surface area (Å²) in [6.45, 7) is 0.141. The highest BCUT2D eigenvalue weighted by Gasteiger charge is 2.13. The van der Waals surface area contributed by atoms with Gasteiger partial charge in [0.05, 0.1) is 18.7 Å². The van der Waals surface area contributed by atoms with Crippen LogP contribution in [-0.2, 0) is 6.54 Å². The maximum atomic E-state index is 13.0. The van der Waals surface area contributed by atoms with Crippen LogP contribution in [0.3, 0.4) is 0 Å². The van der Waals surface area contributed by atoms with Gasteiger partial charge in [0, 0.05) is 4.47 Å². The minimum absolute atomic E-state index is 0.141. The molecule has 2 amide bonds. The molecule has 0 aliphatic heterocycles. The average Bonchev–Trinajstić information content (AvgIpc) is 2.22. The Morgan fingerprint density at radius 2 is 2.31 bits per heavy atom. The van der Waals surface area contributed by atoms with Gasteiger partial charge in [0.2, 0.25) is 0 Å². The van der Waals surface area contributed by atoms with Crippen LogP contribution in [0.5, 0.6) is 0 Å². The maximum Gasteiger partial charge on any atom is 0.326 e. The summed E-state index contributed by atoms with van der Waals surface area (Å²) in [6, 6.07) is 3.52. The summed E-state index contributed by atoms with van der Waals surface area (Å²) < 4.78 is 14.8. The maximum absolute atomic E-state index is 13.0. The highest BCUT2D eigenvalue weighted by molar-refractivity contribution is 9.10. The molecule has 5 nitrogen and oxygen atoms in total. The van der Waals surface area contributed by atoms with Gasteiger partial charge in [0.15, 0.2) is 0 Å². The van der Waals surface area contributed by atoms with Gasteiger partial charge in [-0.25, -0.2) is 13.5 Å². The summed E-state index contributed by atoms with van der Waals surface area (Å²) in [5.74, 6) is 4.69. The third-order valence-corrected chi connectivity index (χ3v) is 3.14. The molecule has 0 unspecified atom stereocenters. The van der Waals surface area contributed by atoms with Crippen LogP contribution in [0.2, 0.25) is 0 Å². The molecule has 1 aromatic rings. The van der Waals surface area contributed by atoms with Gasteiger partial charge in [-0.15, -0.1) is 0 Å². The number of nitrogens with two attached hydrogens (primary N) is 2. The first-order valence-electron chi connectivity index (χ1n) is 4.18. The van der Waals surface area contributed by atoms with E-state index in [9.17, 15) is 9.18 Å². The molecule has 0 saturated carbocycles. The molecular formula is C8H10BrFN4OS. The minimum atomic E-state index is -0.667. The first-order chi connectivity index (χ1) is 7.54. The fourth-order valence-electron chi connectivity index (χ4n) is 1.04. The standard InChI is InChI=1S/C8H10BrFN4OS/c9-7-2-1-6(10)3-5(7)4-14(8(11)15)16-13-12/h1-3,13H,4,12H2,(H2,11,15). The number of rotatable bonds is 4. The van der Waals surface area contributed by atoms with E-state index < -0.39 is 6.03 Å². The van der Waals surface area contributed by atoms with Crippen molar-refractivity contribution in [2.75, 3.05) is 0 Å². The van der Waals surface area contributed by atoms with Gasteiger partial charge in [-0.1, -0.05) is 15.9 Å². The Labute approximate surface area is 105 Å². The Kier molecular flexibility index (Phi) is 5.00. The van der Waals surface area contributed by atoms with Crippen molar-refractivity contribution in [3.8, 4) is 0 Å². The number of amides is 2. The molecule has 0 aromatic heterocycles. The van der Waals surface area contributed by atoms with Crippen molar-refractivity contribution in [1.82, 2.24) is 9.14 Å². The van der Waals surface area contributed by atoms with Crippen LogP contribution in [0.1, 0.15) is 5.56 Å². The lowest BCUT2D eigenvalue weighted by molar-refractivity contribution is 0.233. The normalized spacial score (nSPS) is 10.2. The molecule has 0 aliphatic rings. The molecule has 1 aromatic carbocycles. The van der Waals surface area contributed by atoms with E-state index in [1.165, 1.54) is 16.4 Å². The highest BCUT2D eigenvalue weighted by Crippen LogP contribution is 2.21. The van der Waals surface area contributed by atoms with Crippen LogP contribution >= 0.6 is 28.1 Å². The smallest absolute Gasteiger partial charge is 0.326 e. The van der Waals surface area contributed by atoms with E-state index in [2.05, 4.69) is 20.8 Å². The zero-order valence-corrected chi connectivity index (χ0v) is 10.5. The minimum Gasteiger partial charge on any atom is -0.351 e. The van der Waals surface area contributed by atoms with E-state index in [0.29, 0.717) is 10.0 Å². The van der Waals surface area contributed by atoms with Crippen LogP contribution in [0.25, 0.3) is 0 Å². The number of carbonyl (C=O) groups excluding carboxylic acids is 1. The Hall–Kier alpha value is -0.830. The number of halogens is 2. The number of benzene rings is 1. The summed E-state index contributed by atoms with van der Waals surface area (Å²) in [4.78, 5) is 13.2. The van der Waals surface area contributed by atoms with Crippen LogP contribution in [0.4, 0.5) is 9.18 Å². The lowest BCUT2D eigenvalue weighted by Gasteiger charge is -2.18. The second-order valence-electron chi connectivity index (χ2n) is 2.82. The predicted octanol–water partition coefficient (Wildman–Crippen LogP) is 1.50. The van der Waals surface area contributed by atoms with Gasteiger partial charge >= 0.3 is 6.03 Å². The van der Waals surface area contributed by atoms with E-state index >= 15 is 0 Å². The summed E-state index contributed by atoms with van der Waals surface area (Å²) in [7, 11) is 0. The molecule has 0 fully saturated rings. The quantitative estimate of drug-likeness (QED) is 0.447. The lowest BCUT2D eigenvalue weighted by atomic mass is 10.2. The van der Waals surface area contributed by atoms with Crippen LogP contribution < -0.4 is 16.4 Å². The van der Waals surface area contributed by atoms with Gasteiger partial charge in [-0.2, -0.15) is 4.83 Å². The van der Waals surface area contributed by atoms with Gasteiger partial charge in [-0.05, 0) is 23.8 Å². The third kappa shape index (κ3) is 3.63. The zero-order valence-electron chi connectivity index (χ0n) is 8.11. The van der Waals surface area contributed by atoms with Crippen molar-refractivity contribution in [1.29, 1.82) is 0 Å². The number of hydrogen-bond acceptors (Lipinski definition) is 4. The van der Waals surface area contributed by atoms with Gasteiger partial charge in [0.1, 0.15) is 5.82 Å². The predicted molar refractivity (Wildman–Crippen MR) is 64.1 cm³/mol. The summed E-state index contributed by atoms with van der Waals surface area (Å²) >= 11 is 4.09. The molecule has 16 heavy (non-hydrogen) atoms. The number of nitrogens with zero attached hydrogens (tertiary/aromatic N) is 1. The number of hydrogen-bond donors (Lipinski definition) is 3. The number of nitrogens with one attached hydrogen (secondary N) is 1. The molecule has 0 radical (unpaired) electrons. The Morgan fingerprint density at radius 1 is 1.62 bits per heavy atom. The fraction of sp³-hybridized carbons (Fsp3) is 0.125. The molecule has 0 bridgehead atoms. The zero-order chi connectivity index (χ0) is 12.1. The van der Waals surface area contributed by atoms with Crippen LogP contribution in [0, 0.1) is 5.82 Å². The van der Waals surface area contributed by atoms with Crippen LogP contribution in [-0.4, -0.2) is 10.3 Å². The summed E-state index contributed by atoms with van der Waals surface area (Å²) in [5, 5.41) is 0. The van der Waals surface area contributed by atoms with Gasteiger partial charge in [0.25, 0.3) is 0 Å². The Bertz CT molecular complexity index is 392. The number of carbonyl (C=O) groups is 1. The third-order valence-electron chi connectivity index (χ3n) is 1.73. The highest BCUT2D eigenvalue weighted by atomic mass is 79.9. The van der Waals surface area contributed by atoms with Gasteiger partial charge < -0.3 is 5.73 Å². The summed E-state index contributed by atoms with van der Waals surface area (Å²) in [6.07, 6.45) is 0. The van der Waals surface area contributed by atoms with E-state index in [1.807, 2.05) is 0 Å². The molecule has 0 aliphatic carbocycles. The molecule has 0 atom stereocenters. The first-order valence-corrected chi connectivity index (χ1v) is 5.74. The van der Waals surface area contributed by atoms with Crippen molar-refractivity contribution in [3.63, 3.8) is 0 Å². The number of hydrazine groups is 1. The Balaban J connectivity index is 2.84. The monoisotopic (exact) mass is 308 g/mol. The van der Waals surface area contributed by atoms with Crippen molar-refractivity contribution >= 4 is 34.1 Å². The van der Waals surface area contributed by atoms with E-state index in [0.717, 1.165) is 12.1 Å². The van der Waals surface area contributed by atoms with Crippen molar-refractivity contribution in [2.45, 2.75) is 6.54 Å². The molecule has 0 spiro atoms. The van der Waals surface area contributed by atoms with Crippen LogP contribution in [0.15, 0.2) is 22.7 Å². The van der Waals surface area contributed by atoms with Gasteiger partial charge in [-0.3, -0.25) is 5.84 Å². The molecule has 0 saturated heterocycles. The van der Waals surface area contributed by atoms with Crippen molar-refractivity contribution in [3.05, 3.63) is 34.1 Å². The fourth-order valence-corrected chi connectivity index (χ4v) is 1.83. The molecule has 1 rings (SSSR count). The SMILES string of the molecule is NNSN(Cc1cc(F)ccc1Br)C(N)=O. The molecular weight excluding hydrogens is 299 g/mol. The second kappa shape index (κ2) is 6.04. The molecule has 0 heterocycles. The number of urea groups is 1. The second-order valence-corrected chi connectivity index (χ2v) is 4.53. The molecule has 88 valence electrons. The van der Waals surface area contributed by atoms with E-state index in [-0.39, 0.29) is 12.4 Å². The topological polar surface area (TPSA) is 84.4 Å². The number of primary amides is 1. The van der Waals surface area contributed by atoms with E-state index in [4.69, 9.17) is 11.6 Å². The van der Waals surface area contributed by atoms with Crippen molar-refractivity contribution in [2.24, 2.45) is 11.6 Å². The first kappa shape index (κ1) is 13.2. The summed E-state index contributed by atoms with van der Waals surface area (Å²) in [5.41, 5.74) is 5.72. The molecule has 5 N–H and O–H groups in total. The van der Waals surface area contributed by atoms with E-state index in [1.54, 1.807) is 6.07 Å². The Morgan fingerprint density at radius 3 is 2.88 bits per heavy atom. The average molecular weight is 309 g/mol.